The van der Waals surface area contributed by atoms with Crippen molar-refractivity contribution in [2.75, 3.05) is 7.11 Å². The second-order valence-electron chi connectivity index (χ2n) is 7.58. The summed E-state index contributed by atoms with van der Waals surface area (Å²) in [5.74, 6) is 1.98. The molecule has 9 heteroatoms. The Morgan fingerprint density at radius 3 is 2.71 bits per heavy atom. The maximum Gasteiger partial charge on any atom is 0.267 e. The van der Waals surface area contributed by atoms with Gasteiger partial charge >= 0.3 is 0 Å². The van der Waals surface area contributed by atoms with E-state index >= 15 is 0 Å². The molecule has 0 unspecified atom stereocenters. The lowest BCUT2D eigenvalue weighted by atomic mass is 10.2. The molecule has 0 amide bonds. The second-order valence-corrected chi connectivity index (χ2v) is 9.60. The molecule has 0 saturated heterocycles. The Balaban J connectivity index is 1.57. The maximum absolute atomic E-state index is 13.7. The Kier molecular flexibility index (Phi) is 6.21. The first-order chi connectivity index (χ1) is 16.6. The molecule has 7 nitrogen and oxygen atoms in total. The molecule has 34 heavy (non-hydrogen) atoms. The number of aryl methyl sites for hydroxylation is 2. The van der Waals surface area contributed by atoms with E-state index in [1.807, 2.05) is 61.5 Å². The van der Waals surface area contributed by atoms with Crippen LogP contribution in [0, 0.1) is 6.92 Å². The third kappa shape index (κ3) is 4.12. The van der Waals surface area contributed by atoms with Crippen molar-refractivity contribution in [1.82, 2.24) is 19.7 Å². The molecule has 0 saturated carbocycles. The fourth-order valence-corrected chi connectivity index (χ4v) is 5.77. The highest BCUT2D eigenvalue weighted by molar-refractivity contribution is 7.98. The smallest absolute Gasteiger partial charge is 0.267 e. The van der Waals surface area contributed by atoms with Gasteiger partial charge in [0.15, 0.2) is 5.16 Å². The van der Waals surface area contributed by atoms with Crippen molar-refractivity contribution < 1.29 is 9.15 Å². The molecule has 172 valence electrons. The van der Waals surface area contributed by atoms with E-state index in [1.54, 1.807) is 23.0 Å². The standard InChI is InChI=1S/C25H22N4O3S2/c1-4-19-15(2)21-23(34-19)26-25(29(24(21)30)17-11-8-12-18(13-17)31-3)33-14-20-27-28-22(32-20)16-9-6-5-7-10-16/h5-13H,4,14H2,1-3H3. The van der Waals surface area contributed by atoms with Gasteiger partial charge < -0.3 is 9.15 Å². The number of ether oxygens (including phenoxy) is 1. The highest BCUT2D eigenvalue weighted by Gasteiger charge is 2.20. The van der Waals surface area contributed by atoms with Crippen LogP contribution in [0.3, 0.4) is 0 Å². The lowest BCUT2D eigenvalue weighted by Gasteiger charge is -2.12. The molecule has 3 aromatic heterocycles. The number of hydrogen-bond donors (Lipinski definition) is 0. The number of thiophene rings is 1. The highest BCUT2D eigenvalue weighted by Crippen LogP contribution is 2.32. The van der Waals surface area contributed by atoms with Crippen LogP contribution in [-0.4, -0.2) is 26.9 Å². The van der Waals surface area contributed by atoms with Crippen molar-refractivity contribution in [1.29, 1.82) is 0 Å². The molecular formula is C25H22N4O3S2. The van der Waals surface area contributed by atoms with E-state index in [2.05, 4.69) is 17.1 Å². The summed E-state index contributed by atoms with van der Waals surface area (Å²) in [5, 5.41) is 9.57. The summed E-state index contributed by atoms with van der Waals surface area (Å²) in [6, 6.07) is 17.1. The molecule has 0 N–H and O–H groups in total. The fourth-order valence-electron chi connectivity index (χ4n) is 3.76. The summed E-state index contributed by atoms with van der Waals surface area (Å²) in [6.45, 7) is 4.08. The van der Waals surface area contributed by atoms with Crippen LogP contribution in [0.1, 0.15) is 23.3 Å². The van der Waals surface area contributed by atoms with Crippen LogP contribution < -0.4 is 10.3 Å². The number of nitrogens with zero attached hydrogens (tertiary/aromatic N) is 4. The maximum atomic E-state index is 13.7. The zero-order chi connectivity index (χ0) is 23.7. The Morgan fingerprint density at radius 2 is 1.94 bits per heavy atom. The van der Waals surface area contributed by atoms with Gasteiger partial charge in [0.2, 0.25) is 11.8 Å². The monoisotopic (exact) mass is 490 g/mol. The predicted molar refractivity (Wildman–Crippen MR) is 135 cm³/mol. The van der Waals surface area contributed by atoms with Gasteiger partial charge in [0.05, 0.1) is 23.9 Å². The van der Waals surface area contributed by atoms with Crippen molar-refractivity contribution in [3.8, 4) is 22.9 Å². The average Bonchev–Trinajstić information content (AvgIpc) is 3.47. The number of hydrogen-bond acceptors (Lipinski definition) is 8. The molecule has 5 rings (SSSR count). The van der Waals surface area contributed by atoms with Gasteiger partial charge in [-0.2, -0.15) is 0 Å². The third-order valence-electron chi connectivity index (χ3n) is 5.48. The Morgan fingerprint density at radius 1 is 1.12 bits per heavy atom. The van der Waals surface area contributed by atoms with Crippen LogP contribution in [0.25, 0.3) is 27.4 Å². The highest BCUT2D eigenvalue weighted by atomic mass is 32.2. The molecule has 0 bridgehead atoms. The van der Waals surface area contributed by atoms with E-state index in [-0.39, 0.29) is 5.56 Å². The minimum absolute atomic E-state index is 0.0929. The summed E-state index contributed by atoms with van der Waals surface area (Å²) in [7, 11) is 1.61. The van der Waals surface area contributed by atoms with Gasteiger partial charge in [0.1, 0.15) is 10.6 Å². The molecule has 5 aromatic rings. The molecular weight excluding hydrogens is 468 g/mol. The summed E-state index contributed by atoms with van der Waals surface area (Å²) in [4.78, 5) is 20.5. The van der Waals surface area contributed by atoms with Crippen LogP contribution in [0.2, 0.25) is 0 Å². The normalized spacial score (nSPS) is 11.3. The van der Waals surface area contributed by atoms with E-state index in [1.165, 1.54) is 16.6 Å². The zero-order valence-corrected chi connectivity index (χ0v) is 20.6. The van der Waals surface area contributed by atoms with Crippen LogP contribution >= 0.6 is 23.1 Å². The van der Waals surface area contributed by atoms with E-state index in [9.17, 15) is 4.79 Å². The van der Waals surface area contributed by atoms with Gasteiger partial charge in [0.25, 0.3) is 5.56 Å². The Bertz CT molecular complexity index is 1520. The quantitative estimate of drug-likeness (QED) is 0.215. The van der Waals surface area contributed by atoms with Gasteiger partial charge in [-0.1, -0.05) is 43.0 Å². The van der Waals surface area contributed by atoms with Crippen molar-refractivity contribution in [2.24, 2.45) is 0 Å². The zero-order valence-electron chi connectivity index (χ0n) is 18.9. The van der Waals surface area contributed by atoms with Gasteiger partial charge in [-0.3, -0.25) is 9.36 Å². The van der Waals surface area contributed by atoms with E-state index in [0.717, 1.165) is 22.4 Å². The predicted octanol–water partition coefficient (Wildman–Crippen LogP) is 5.67. The molecule has 3 heterocycles. The lowest BCUT2D eigenvalue weighted by molar-refractivity contribution is 0.414. The van der Waals surface area contributed by atoms with Gasteiger partial charge in [0, 0.05) is 16.5 Å². The second kappa shape index (κ2) is 9.44. The minimum Gasteiger partial charge on any atom is -0.497 e. The van der Waals surface area contributed by atoms with Crippen molar-refractivity contribution in [2.45, 2.75) is 31.2 Å². The first-order valence-electron chi connectivity index (χ1n) is 10.8. The third-order valence-corrected chi connectivity index (χ3v) is 7.73. The largest absolute Gasteiger partial charge is 0.497 e. The topological polar surface area (TPSA) is 83.0 Å². The molecule has 0 atom stereocenters. The number of fused-ring (bicyclic) bond motifs is 1. The molecule has 0 spiro atoms. The van der Waals surface area contributed by atoms with Crippen LogP contribution in [0.4, 0.5) is 0 Å². The summed E-state index contributed by atoms with van der Waals surface area (Å²) >= 11 is 2.96. The first-order valence-corrected chi connectivity index (χ1v) is 12.6. The van der Waals surface area contributed by atoms with E-state index in [0.29, 0.717) is 39.5 Å². The molecule has 0 fully saturated rings. The summed E-state index contributed by atoms with van der Waals surface area (Å²) in [6.07, 6.45) is 0.859. The molecule has 0 aliphatic heterocycles. The van der Waals surface area contributed by atoms with Crippen LogP contribution in [-0.2, 0) is 12.2 Å². The number of thioether (sulfide) groups is 1. The van der Waals surface area contributed by atoms with Crippen LogP contribution in [0.15, 0.2) is 69.0 Å². The summed E-state index contributed by atoms with van der Waals surface area (Å²) < 4.78 is 12.9. The van der Waals surface area contributed by atoms with Gasteiger partial charge in [-0.05, 0) is 43.2 Å². The number of methoxy groups -OCH3 is 1. The molecule has 0 radical (unpaired) electrons. The average molecular weight is 491 g/mol. The number of benzene rings is 2. The molecule has 0 aliphatic rings. The fraction of sp³-hybridized carbons (Fsp3) is 0.200. The van der Waals surface area contributed by atoms with Crippen LogP contribution in [0.5, 0.6) is 5.75 Å². The lowest BCUT2D eigenvalue weighted by Crippen LogP contribution is -2.21. The van der Waals surface area contributed by atoms with Crippen molar-refractivity contribution in [3.05, 3.63) is 81.3 Å². The van der Waals surface area contributed by atoms with E-state index in [4.69, 9.17) is 14.1 Å². The number of rotatable bonds is 7. The summed E-state index contributed by atoms with van der Waals surface area (Å²) in [5.41, 5.74) is 2.46. The Hall–Kier alpha value is -3.43. The first kappa shape index (κ1) is 22.4. The van der Waals surface area contributed by atoms with Crippen molar-refractivity contribution >= 4 is 33.3 Å². The van der Waals surface area contributed by atoms with E-state index < -0.39 is 0 Å². The van der Waals surface area contributed by atoms with Gasteiger partial charge in [-0.15, -0.1) is 21.5 Å². The van der Waals surface area contributed by atoms with Crippen molar-refractivity contribution in [3.63, 3.8) is 0 Å². The van der Waals surface area contributed by atoms with Gasteiger partial charge in [-0.25, -0.2) is 4.98 Å². The molecule has 0 aliphatic carbocycles. The Labute approximate surface area is 204 Å². The number of aromatic nitrogens is 4. The SMILES string of the molecule is CCc1sc2nc(SCc3nnc(-c4ccccc4)o3)n(-c3cccc(OC)c3)c(=O)c2c1C. The minimum atomic E-state index is -0.0929. The molecule has 2 aromatic carbocycles.